The van der Waals surface area contributed by atoms with E-state index in [9.17, 15) is 4.79 Å². The molecule has 0 aliphatic carbocycles. The van der Waals surface area contributed by atoms with Crippen LogP contribution in [-0.4, -0.2) is 57.4 Å². The number of amides is 1. The highest BCUT2D eigenvalue weighted by Crippen LogP contribution is 2.18. The standard InChI is InChI=1S/C13H19N7O/c1-14-13-18-11(10-12(19-13)17-8-16-10)15-5-4-9(21)20-6-2-3-7-20/h8H,2-7H2,1H3,(H3,14,15,16,17,18,19). The summed E-state index contributed by atoms with van der Waals surface area (Å²) in [7, 11) is 1.76. The van der Waals surface area contributed by atoms with Gasteiger partial charge in [0.2, 0.25) is 11.9 Å². The van der Waals surface area contributed by atoms with Gasteiger partial charge in [-0.25, -0.2) is 4.98 Å². The SMILES string of the molecule is CNc1nc(NCCC(=O)N2CCCC2)c2[nH]cnc2n1. The van der Waals surface area contributed by atoms with Crippen molar-refractivity contribution in [2.24, 2.45) is 0 Å². The maximum Gasteiger partial charge on any atom is 0.226 e. The molecule has 3 N–H and O–H groups in total. The average molecular weight is 289 g/mol. The summed E-state index contributed by atoms with van der Waals surface area (Å²) in [4.78, 5) is 29.7. The van der Waals surface area contributed by atoms with Crippen molar-refractivity contribution in [1.29, 1.82) is 0 Å². The van der Waals surface area contributed by atoms with Gasteiger partial charge in [-0.2, -0.15) is 9.97 Å². The lowest BCUT2D eigenvalue weighted by molar-refractivity contribution is -0.129. The number of carbonyl (C=O) groups is 1. The first-order chi connectivity index (χ1) is 10.3. The van der Waals surface area contributed by atoms with Crippen molar-refractivity contribution in [2.45, 2.75) is 19.3 Å². The summed E-state index contributed by atoms with van der Waals surface area (Å²) in [6.07, 6.45) is 4.28. The van der Waals surface area contributed by atoms with Crippen LogP contribution in [0.25, 0.3) is 11.2 Å². The molecule has 1 aliphatic rings. The number of fused-ring (bicyclic) bond motifs is 1. The van der Waals surface area contributed by atoms with Crippen LogP contribution < -0.4 is 10.6 Å². The molecule has 1 fully saturated rings. The van der Waals surface area contributed by atoms with Crippen LogP contribution in [0.1, 0.15) is 19.3 Å². The van der Waals surface area contributed by atoms with Crippen molar-refractivity contribution in [2.75, 3.05) is 37.3 Å². The minimum absolute atomic E-state index is 0.198. The summed E-state index contributed by atoms with van der Waals surface area (Å²) in [5, 5.41) is 6.09. The topological polar surface area (TPSA) is 98.8 Å². The van der Waals surface area contributed by atoms with Crippen molar-refractivity contribution in [3.8, 4) is 0 Å². The highest BCUT2D eigenvalue weighted by Gasteiger charge is 2.17. The molecule has 0 aromatic carbocycles. The predicted octanol–water partition coefficient (Wildman–Crippen LogP) is 0.819. The van der Waals surface area contributed by atoms with Gasteiger partial charge < -0.3 is 20.5 Å². The van der Waals surface area contributed by atoms with Crippen molar-refractivity contribution in [3.05, 3.63) is 6.33 Å². The first kappa shape index (κ1) is 13.6. The maximum atomic E-state index is 12.0. The quantitative estimate of drug-likeness (QED) is 0.753. The van der Waals surface area contributed by atoms with E-state index in [1.807, 2.05) is 4.90 Å². The fraction of sp³-hybridized carbons (Fsp3) is 0.538. The summed E-state index contributed by atoms with van der Waals surface area (Å²) in [5.41, 5.74) is 1.35. The van der Waals surface area contributed by atoms with Crippen LogP contribution in [0, 0.1) is 0 Å². The van der Waals surface area contributed by atoms with E-state index >= 15 is 0 Å². The van der Waals surface area contributed by atoms with Crippen LogP contribution in [0.5, 0.6) is 0 Å². The van der Waals surface area contributed by atoms with E-state index in [0.717, 1.165) is 31.4 Å². The molecule has 112 valence electrons. The van der Waals surface area contributed by atoms with Gasteiger partial charge in [-0.1, -0.05) is 0 Å². The van der Waals surface area contributed by atoms with Crippen molar-refractivity contribution in [3.63, 3.8) is 0 Å². The van der Waals surface area contributed by atoms with Crippen molar-refractivity contribution >= 4 is 28.8 Å². The minimum atomic E-state index is 0.198. The number of nitrogens with one attached hydrogen (secondary N) is 3. The first-order valence-corrected chi connectivity index (χ1v) is 7.18. The summed E-state index contributed by atoms with van der Waals surface area (Å²) in [6.45, 7) is 2.33. The van der Waals surface area contributed by atoms with E-state index in [4.69, 9.17) is 0 Å². The van der Waals surface area contributed by atoms with Gasteiger partial charge in [-0.3, -0.25) is 4.79 Å². The number of H-pyrrole nitrogens is 1. The molecule has 0 atom stereocenters. The van der Waals surface area contributed by atoms with Crippen LogP contribution in [0.15, 0.2) is 6.33 Å². The van der Waals surface area contributed by atoms with Crippen LogP contribution in [0.2, 0.25) is 0 Å². The van der Waals surface area contributed by atoms with Gasteiger partial charge in [0.1, 0.15) is 5.52 Å². The number of imidazole rings is 1. The molecule has 0 bridgehead atoms. The molecule has 1 aliphatic heterocycles. The largest absolute Gasteiger partial charge is 0.368 e. The van der Waals surface area contributed by atoms with Crippen molar-refractivity contribution < 1.29 is 4.79 Å². The van der Waals surface area contributed by atoms with Crippen LogP contribution in [-0.2, 0) is 4.79 Å². The number of anilines is 2. The molecule has 8 nitrogen and oxygen atoms in total. The second kappa shape index (κ2) is 5.94. The Kier molecular flexibility index (Phi) is 3.85. The van der Waals surface area contributed by atoms with Gasteiger partial charge in [0, 0.05) is 33.1 Å². The number of likely N-dealkylation sites (tertiary alicyclic amines) is 1. The average Bonchev–Trinajstić information content (AvgIpc) is 3.17. The zero-order valence-electron chi connectivity index (χ0n) is 12.0. The Morgan fingerprint density at radius 3 is 2.95 bits per heavy atom. The molecule has 0 saturated carbocycles. The molecule has 1 amide bonds. The molecule has 3 rings (SSSR count). The van der Waals surface area contributed by atoms with Crippen molar-refractivity contribution in [1.82, 2.24) is 24.8 Å². The Bertz CT molecular complexity index is 632. The lowest BCUT2D eigenvalue weighted by Gasteiger charge is -2.15. The Morgan fingerprint density at radius 2 is 2.19 bits per heavy atom. The molecule has 3 heterocycles. The third-order valence-corrected chi connectivity index (χ3v) is 3.60. The molecule has 1 saturated heterocycles. The van der Waals surface area contributed by atoms with Crippen LogP contribution >= 0.6 is 0 Å². The molecule has 8 heteroatoms. The number of hydrogen-bond donors (Lipinski definition) is 3. The smallest absolute Gasteiger partial charge is 0.226 e. The van der Waals surface area contributed by atoms with Crippen LogP contribution in [0.4, 0.5) is 11.8 Å². The highest BCUT2D eigenvalue weighted by molar-refractivity contribution is 5.84. The van der Waals surface area contributed by atoms with Gasteiger partial charge in [0.15, 0.2) is 11.5 Å². The summed E-state index contributed by atoms with van der Waals surface area (Å²) in [6, 6.07) is 0. The predicted molar refractivity (Wildman–Crippen MR) is 80.2 cm³/mol. The molecule has 21 heavy (non-hydrogen) atoms. The summed E-state index contributed by atoms with van der Waals surface area (Å²) < 4.78 is 0. The zero-order valence-corrected chi connectivity index (χ0v) is 12.0. The van der Waals surface area contributed by atoms with Gasteiger partial charge in [0.25, 0.3) is 0 Å². The Labute approximate surface area is 122 Å². The molecular weight excluding hydrogens is 270 g/mol. The number of hydrogen-bond acceptors (Lipinski definition) is 6. The van der Waals surface area contributed by atoms with Gasteiger partial charge >= 0.3 is 0 Å². The minimum Gasteiger partial charge on any atom is -0.368 e. The second-order valence-corrected chi connectivity index (χ2v) is 5.01. The molecular formula is C13H19N7O. The van der Waals surface area contributed by atoms with E-state index in [1.165, 1.54) is 0 Å². The van der Waals surface area contributed by atoms with E-state index in [0.29, 0.717) is 30.4 Å². The second-order valence-electron chi connectivity index (χ2n) is 5.01. The Morgan fingerprint density at radius 1 is 1.38 bits per heavy atom. The van der Waals surface area contributed by atoms with Gasteiger partial charge in [0.05, 0.1) is 6.33 Å². The molecule has 0 spiro atoms. The lowest BCUT2D eigenvalue weighted by atomic mass is 10.3. The number of aromatic amines is 1. The first-order valence-electron chi connectivity index (χ1n) is 7.18. The molecule has 2 aromatic heterocycles. The zero-order chi connectivity index (χ0) is 14.7. The van der Waals surface area contributed by atoms with Gasteiger partial charge in [-0.15, -0.1) is 0 Å². The lowest BCUT2D eigenvalue weighted by Crippen LogP contribution is -2.29. The fourth-order valence-electron chi connectivity index (χ4n) is 2.49. The van der Waals surface area contributed by atoms with E-state index < -0.39 is 0 Å². The fourth-order valence-corrected chi connectivity index (χ4v) is 2.49. The number of aromatic nitrogens is 4. The summed E-state index contributed by atoms with van der Waals surface area (Å²) >= 11 is 0. The van der Waals surface area contributed by atoms with E-state index in [-0.39, 0.29) is 5.91 Å². The highest BCUT2D eigenvalue weighted by atomic mass is 16.2. The van der Waals surface area contributed by atoms with Gasteiger partial charge in [-0.05, 0) is 12.8 Å². The Hall–Kier alpha value is -2.38. The molecule has 0 unspecified atom stereocenters. The van der Waals surface area contributed by atoms with E-state index in [2.05, 4.69) is 30.6 Å². The van der Waals surface area contributed by atoms with E-state index in [1.54, 1.807) is 13.4 Å². The third-order valence-electron chi connectivity index (χ3n) is 3.60. The normalized spacial score (nSPS) is 14.6. The molecule has 0 radical (unpaired) electrons. The molecule has 2 aromatic rings. The maximum absolute atomic E-state index is 12.0. The monoisotopic (exact) mass is 289 g/mol. The number of carbonyl (C=O) groups excluding carboxylic acids is 1. The van der Waals surface area contributed by atoms with Crippen LogP contribution in [0.3, 0.4) is 0 Å². The third kappa shape index (κ3) is 2.88. The summed E-state index contributed by atoms with van der Waals surface area (Å²) in [5.74, 6) is 1.36. The number of nitrogens with zero attached hydrogens (tertiary/aromatic N) is 4. The number of rotatable bonds is 5. The Balaban J connectivity index is 1.64.